The van der Waals surface area contributed by atoms with Gasteiger partial charge in [-0.1, -0.05) is 18.2 Å². The van der Waals surface area contributed by atoms with Crippen molar-refractivity contribution in [1.29, 1.82) is 0 Å². The lowest BCUT2D eigenvalue weighted by Crippen LogP contribution is -2.30. The molecule has 0 radical (unpaired) electrons. The van der Waals surface area contributed by atoms with Crippen molar-refractivity contribution in [2.75, 3.05) is 16.6 Å². The smallest absolute Gasteiger partial charge is 0.429 e. The number of hydrogen-bond donors (Lipinski definition) is 0. The van der Waals surface area contributed by atoms with Crippen LogP contribution in [0, 0.1) is 0 Å². The highest BCUT2D eigenvalue weighted by Crippen LogP contribution is 2.40. The van der Waals surface area contributed by atoms with Gasteiger partial charge in [0, 0.05) is 24.5 Å². The summed E-state index contributed by atoms with van der Waals surface area (Å²) >= 11 is 0. The van der Waals surface area contributed by atoms with Gasteiger partial charge in [-0.05, 0) is 24.6 Å². The van der Waals surface area contributed by atoms with E-state index in [1.54, 1.807) is 24.3 Å². The molecule has 0 aliphatic carbocycles. The van der Waals surface area contributed by atoms with Crippen molar-refractivity contribution in [3.63, 3.8) is 0 Å². The highest BCUT2D eigenvalue weighted by Gasteiger charge is 2.45. The summed E-state index contributed by atoms with van der Waals surface area (Å²) in [7, 11) is -3.71. The molecule has 4 rings (SSSR count). The summed E-state index contributed by atoms with van der Waals surface area (Å²) in [6.45, 7) is 0.0926. The first-order chi connectivity index (χ1) is 13.8. The van der Waals surface area contributed by atoms with Crippen LogP contribution in [0.15, 0.2) is 48.8 Å². The van der Waals surface area contributed by atoms with E-state index in [1.807, 2.05) is 0 Å². The number of anilines is 1. The van der Waals surface area contributed by atoms with Crippen LogP contribution in [-0.2, 0) is 10.0 Å². The minimum atomic E-state index is -4.78. The first-order valence-corrected chi connectivity index (χ1v) is 10.3. The molecule has 0 spiro atoms. The van der Waals surface area contributed by atoms with Gasteiger partial charge >= 0.3 is 6.18 Å². The summed E-state index contributed by atoms with van der Waals surface area (Å²) in [6, 6.07) is 9.06. The number of halogens is 3. The predicted octanol–water partition coefficient (Wildman–Crippen LogP) is 3.25. The second kappa shape index (κ2) is 7.14. The number of fused-ring (bicyclic) bond motifs is 1. The lowest BCUT2D eigenvalue weighted by Gasteiger charge is -2.24. The van der Waals surface area contributed by atoms with Crippen LogP contribution in [0.2, 0.25) is 0 Å². The van der Waals surface area contributed by atoms with Crippen LogP contribution in [-0.4, -0.2) is 41.8 Å². The van der Waals surface area contributed by atoms with Crippen LogP contribution < -0.4 is 9.04 Å². The third-order valence-corrected chi connectivity index (χ3v) is 6.20. The van der Waals surface area contributed by atoms with E-state index in [0.717, 1.165) is 10.5 Å². The molecular weight excluding hydrogens is 409 g/mol. The average molecular weight is 424 g/mol. The van der Waals surface area contributed by atoms with E-state index < -0.39 is 28.2 Å². The lowest BCUT2D eigenvalue weighted by atomic mass is 10.1. The quantitative estimate of drug-likeness (QED) is 0.639. The molecule has 0 bridgehead atoms. The van der Waals surface area contributed by atoms with Crippen LogP contribution in [0.4, 0.5) is 19.0 Å². The topological polar surface area (TPSA) is 85.3 Å². The molecule has 1 saturated heterocycles. The van der Waals surface area contributed by atoms with Gasteiger partial charge in [0.1, 0.15) is 0 Å². The number of alkyl halides is 3. The van der Waals surface area contributed by atoms with Gasteiger partial charge in [0.15, 0.2) is 0 Å². The van der Waals surface area contributed by atoms with E-state index in [0.29, 0.717) is 11.9 Å². The van der Waals surface area contributed by atoms with Gasteiger partial charge in [0.05, 0.1) is 16.8 Å². The van der Waals surface area contributed by atoms with Gasteiger partial charge in [0.2, 0.25) is 21.9 Å². The highest BCUT2D eigenvalue weighted by molar-refractivity contribution is 7.93. The van der Waals surface area contributed by atoms with Gasteiger partial charge in [-0.2, -0.15) is 13.2 Å². The Morgan fingerprint density at radius 2 is 1.79 bits per heavy atom. The number of hydrogen-bond acceptors (Lipinski definition) is 6. The minimum Gasteiger partial charge on any atom is -0.457 e. The average Bonchev–Trinajstić information content (AvgIpc) is 3.04. The fourth-order valence-electron chi connectivity index (χ4n) is 3.06. The molecule has 152 valence electrons. The second-order valence-electron chi connectivity index (χ2n) is 6.41. The Hall–Kier alpha value is -2.95. The molecule has 1 atom stereocenters. The Morgan fingerprint density at radius 1 is 1.07 bits per heavy atom. The standard InChI is InChI=1S/C18H15F3N4O3S/c19-18(20,21)15(12-5-3-8-22-11-12)28-17-16(25-9-4-10-29(25,26)27)23-13-6-1-2-7-14(13)24-17/h1-3,5-8,11,15H,4,9-10H2. The van der Waals surface area contributed by atoms with Crippen LogP contribution in [0.3, 0.4) is 0 Å². The molecule has 1 aromatic carbocycles. The Labute approximate surface area is 164 Å². The van der Waals surface area contributed by atoms with Gasteiger partial charge in [-0.15, -0.1) is 0 Å². The van der Waals surface area contributed by atoms with Crippen LogP contribution in [0.1, 0.15) is 18.1 Å². The number of ether oxygens (including phenoxy) is 1. The lowest BCUT2D eigenvalue weighted by molar-refractivity contribution is -0.198. The van der Waals surface area contributed by atoms with Crippen molar-refractivity contribution in [2.24, 2.45) is 0 Å². The second-order valence-corrected chi connectivity index (χ2v) is 8.42. The Bertz CT molecular complexity index is 1140. The monoisotopic (exact) mass is 424 g/mol. The molecule has 1 aliphatic heterocycles. The first-order valence-electron chi connectivity index (χ1n) is 8.66. The molecule has 2 aromatic heterocycles. The molecule has 7 nitrogen and oxygen atoms in total. The fraction of sp³-hybridized carbons (Fsp3) is 0.278. The third kappa shape index (κ3) is 3.82. The van der Waals surface area contributed by atoms with Crippen LogP contribution >= 0.6 is 0 Å². The number of sulfonamides is 1. The van der Waals surface area contributed by atoms with Crippen molar-refractivity contribution >= 4 is 26.9 Å². The Morgan fingerprint density at radius 3 is 2.38 bits per heavy atom. The SMILES string of the molecule is O=S1(=O)CCCN1c1nc2ccccc2nc1OC(c1cccnc1)C(F)(F)F. The molecule has 3 aromatic rings. The molecule has 1 aliphatic rings. The van der Waals surface area contributed by atoms with E-state index >= 15 is 0 Å². The Balaban J connectivity index is 1.86. The van der Waals surface area contributed by atoms with Gasteiger partial charge in [-0.25, -0.2) is 22.7 Å². The van der Waals surface area contributed by atoms with E-state index in [2.05, 4.69) is 15.0 Å². The van der Waals surface area contributed by atoms with Crippen molar-refractivity contribution < 1.29 is 26.3 Å². The maximum Gasteiger partial charge on any atom is 0.429 e. The molecule has 1 fully saturated rings. The predicted molar refractivity (Wildman–Crippen MR) is 98.9 cm³/mol. The van der Waals surface area contributed by atoms with Crippen LogP contribution in [0.25, 0.3) is 11.0 Å². The van der Waals surface area contributed by atoms with E-state index in [-0.39, 0.29) is 29.2 Å². The summed E-state index contributed by atoms with van der Waals surface area (Å²) in [4.78, 5) is 12.1. The summed E-state index contributed by atoms with van der Waals surface area (Å²) < 4.78 is 72.2. The maximum absolute atomic E-state index is 13.7. The maximum atomic E-state index is 13.7. The van der Waals surface area contributed by atoms with Crippen molar-refractivity contribution in [1.82, 2.24) is 15.0 Å². The van der Waals surface area contributed by atoms with Crippen molar-refractivity contribution in [3.8, 4) is 5.88 Å². The molecule has 29 heavy (non-hydrogen) atoms. The normalized spacial score (nSPS) is 17.4. The highest BCUT2D eigenvalue weighted by atomic mass is 32.2. The molecular formula is C18H15F3N4O3S. The summed E-state index contributed by atoms with van der Waals surface area (Å²) in [5, 5.41) is 0. The zero-order valence-electron chi connectivity index (χ0n) is 14.9. The zero-order chi connectivity index (χ0) is 20.6. The Kier molecular flexibility index (Phi) is 4.77. The molecule has 0 amide bonds. The summed E-state index contributed by atoms with van der Waals surface area (Å²) in [5.41, 5.74) is 0.405. The summed E-state index contributed by atoms with van der Waals surface area (Å²) in [5.74, 6) is -0.869. The molecule has 0 saturated carbocycles. The molecule has 0 N–H and O–H groups in total. The number of aromatic nitrogens is 3. The molecule has 1 unspecified atom stereocenters. The fourth-order valence-corrected chi connectivity index (χ4v) is 4.56. The van der Waals surface area contributed by atoms with Gasteiger partial charge in [-0.3, -0.25) is 4.98 Å². The summed E-state index contributed by atoms with van der Waals surface area (Å²) in [6.07, 6.45) is -4.44. The molecule has 3 heterocycles. The number of nitrogens with zero attached hydrogens (tertiary/aromatic N) is 4. The number of benzene rings is 1. The van der Waals surface area contributed by atoms with Crippen molar-refractivity contribution in [3.05, 3.63) is 54.4 Å². The third-order valence-electron chi connectivity index (χ3n) is 4.37. The molecule has 11 heteroatoms. The zero-order valence-corrected chi connectivity index (χ0v) is 15.7. The van der Waals surface area contributed by atoms with Crippen LogP contribution in [0.5, 0.6) is 5.88 Å². The van der Waals surface area contributed by atoms with Gasteiger partial charge < -0.3 is 4.74 Å². The van der Waals surface area contributed by atoms with Gasteiger partial charge in [0.25, 0.3) is 5.88 Å². The number of rotatable bonds is 4. The van der Waals surface area contributed by atoms with E-state index in [9.17, 15) is 21.6 Å². The first kappa shape index (κ1) is 19.4. The van der Waals surface area contributed by atoms with Crippen molar-refractivity contribution in [2.45, 2.75) is 18.7 Å². The largest absolute Gasteiger partial charge is 0.457 e. The minimum absolute atomic E-state index is 0.0926. The van der Waals surface area contributed by atoms with E-state index in [4.69, 9.17) is 4.74 Å². The number of para-hydroxylation sites is 2. The number of pyridine rings is 1. The van der Waals surface area contributed by atoms with E-state index in [1.165, 1.54) is 18.3 Å².